The van der Waals surface area contributed by atoms with Crippen molar-refractivity contribution in [3.05, 3.63) is 53.6 Å². The van der Waals surface area contributed by atoms with Crippen LogP contribution in [0.4, 0.5) is 5.69 Å². The molecule has 6 nitrogen and oxygen atoms in total. The highest BCUT2D eigenvalue weighted by Crippen LogP contribution is 2.32. The third kappa shape index (κ3) is 3.11. The Balaban J connectivity index is 2.37. The van der Waals surface area contributed by atoms with Gasteiger partial charge in [0.15, 0.2) is 11.5 Å². The normalized spacial score (nSPS) is 9.95. The molecule has 21 heavy (non-hydrogen) atoms. The predicted octanol–water partition coefficient (Wildman–Crippen LogP) is 1.60. The van der Waals surface area contributed by atoms with E-state index in [9.17, 15) is 9.59 Å². The van der Waals surface area contributed by atoms with Crippen LogP contribution in [0.3, 0.4) is 0 Å². The van der Waals surface area contributed by atoms with Crippen molar-refractivity contribution < 1.29 is 19.1 Å². The number of amides is 1. The molecule has 108 valence electrons. The van der Waals surface area contributed by atoms with E-state index in [0.717, 1.165) is 0 Å². The number of esters is 1. The molecule has 6 heteroatoms. The molecule has 0 aliphatic rings. The van der Waals surface area contributed by atoms with Crippen molar-refractivity contribution in [3.8, 4) is 11.5 Å². The number of nitrogen functional groups attached to an aromatic ring is 1. The van der Waals surface area contributed by atoms with Crippen molar-refractivity contribution in [2.75, 3.05) is 12.8 Å². The van der Waals surface area contributed by atoms with Gasteiger partial charge in [0.25, 0.3) is 5.91 Å². The minimum Gasteiger partial charge on any atom is -0.493 e. The fourth-order valence-electron chi connectivity index (χ4n) is 1.76. The molecule has 0 radical (unpaired) electrons. The SMILES string of the molecule is COc1cc(N)c(C(N)=O)cc1OC(=O)c1ccccc1. The number of anilines is 1. The summed E-state index contributed by atoms with van der Waals surface area (Å²) in [5.41, 5.74) is 11.5. The standard InChI is InChI=1S/C15H14N2O4/c1-20-12-8-11(16)10(14(17)18)7-13(12)21-15(19)9-5-3-2-4-6-9/h2-8H,16H2,1H3,(H2,17,18). The summed E-state index contributed by atoms with van der Waals surface area (Å²) in [6.07, 6.45) is 0. The summed E-state index contributed by atoms with van der Waals surface area (Å²) in [6, 6.07) is 11.1. The third-order valence-corrected chi connectivity index (χ3v) is 2.81. The van der Waals surface area contributed by atoms with Crippen molar-refractivity contribution in [3.63, 3.8) is 0 Å². The summed E-state index contributed by atoms with van der Waals surface area (Å²) in [7, 11) is 1.40. The number of ether oxygens (including phenoxy) is 2. The molecule has 0 unspecified atom stereocenters. The second-order valence-corrected chi connectivity index (χ2v) is 4.21. The first-order valence-corrected chi connectivity index (χ1v) is 6.07. The Morgan fingerprint density at radius 3 is 2.29 bits per heavy atom. The van der Waals surface area contributed by atoms with Crippen LogP contribution in [0.2, 0.25) is 0 Å². The summed E-state index contributed by atoms with van der Waals surface area (Å²) in [6.45, 7) is 0. The Morgan fingerprint density at radius 2 is 1.71 bits per heavy atom. The maximum atomic E-state index is 12.0. The number of hydrogen-bond donors (Lipinski definition) is 2. The third-order valence-electron chi connectivity index (χ3n) is 2.81. The first kappa shape index (κ1) is 14.4. The number of benzene rings is 2. The molecule has 2 rings (SSSR count). The van der Waals surface area contributed by atoms with E-state index in [2.05, 4.69) is 0 Å². The van der Waals surface area contributed by atoms with Gasteiger partial charge in [-0.3, -0.25) is 4.79 Å². The van der Waals surface area contributed by atoms with E-state index < -0.39 is 11.9 Å². The minimum absolute atomic E-state index is 0.0617. The molecule has 0 spiro atoms. The molecular weight excluding hydrogens is 272 g/mol. The summed E-state index contributed by atoms with van der Waals surface area (Å²) in [5, 5.41) is 0. The Bertz CT molecular complexity index is 684. The molecule has 0 saturated heterocycles. The van der Waals surface area contributed by atoms with Crippen molar-refractivity contribution in [2.24, 2.45) is 5.73 Å². The number of nitrogens with two attached hydrogens (primary N) is 2. The number of primary amides is 1. The molecule has 2 aromatic carbocycles. The van der Waals surface area contributed by atoms with Crippen LogP contribution in [0, 0.1) is 0 Å². The minimum atomic E-state index is -0.716. The van der Waals surface area contributed by atoms with Gasteiger partial charge in [0, 0.05) is 11.8 Å². The van der Waals surface area contributed by atoms with Gasteiger partial charge in [0.2, 0.25) is 0 Å². The average molecular weight is 286 g/mol. The van der Waals surface area contributed by atoms with Gasteiger partial charge in [0.05, 0.1) is 18.2 Å². The van der Waals surface area contributed by atoms with Gasteiger partial charge in [-0.15, -0.1) is 0 Å². The predicted molar refractivity (Wildman–Crippen MR) is 77.3 cm³/mol. The summed E-state index contributed by atoms with van der Waals surface area (Å²) < 4.78 is 10.3. The number of hydrogen-bond acceptors (Lipinski definition) is 5. The first-order chi connectivity index (χ1) is 10.0. The van der Waals surface area contributed by atoms with Crippen LogP contribution < -0.4 is 20.9 Å². The lowest BCUT2D eigenvalue weighted by atomic mass is 10.1. The zero-order chi connectivity index (χ0) is 15.4. The largest absolute Gasteiger partial charge is 0.493 e. The summed E-state index contributed by atoms with van der Waals surface area (Å²) in [4.78, 5) is 23.3. The number of methoxy groups -OCH3 is 1. The van der Waals surface area contributed by atoms with Crippen LogP contribution in [-0.2, 0) is 0 Å². The van der Waals surface area contributed by atoms with Crippen molar-refractivity contribution in [2.45, 2.75) is 0 Å². The van der Waals surface area contributed by atoms with Crippen molar-refractivity contribution in [1.29, 1.82) is 0 Å². The monoisotopic (exact) mass is 286 g/mol. The Morgan fingerprint density at radius 1 is 1.05 bits per heavy atom. The molecule has 0 heterocycles. The van der Waals surface area contributed by atoms with E-state index in [1.807, 2.05) is 0 Å². The number of carbonyl (C=O) groups excluding carboxylic acids is 2. The van der Waals surface area contributed by atoms with Gasteiger partial charge < -0.3 is 20.9 Å². The topological polar surface area (TPSA) is 105 Å². The smallest absolute Gasteiger partial charge is 0.343 e. The molecule has 0 saturated carbocycles. The second-order valence-electron chi connectivity index (χ2n) is 4.21. The van der Waals surface area contributed by atoms with E-state index in [0.29, 0.717) is 5.56 Å². The molecule has 0 bridgehead atoms. The number of rotatable bonds is 4. The molecule has 0 atom stereocenters. The lowest BCUT2D eigenvalue weighted by Gasteiger charge is -2.12. The van der Waals surface area contributed by atoms with Crippen LogP contribution >= 0.6 is 0 Å². The number of carbonyl (C=O) groups is 2. The van der Waals surface area contributed by atoms with Crippen LogP contribution in [0.15, 0.2) is 42.5 Å². The Kier molecular flexibility index (Phi) is 4.08. The molecule has 0 fully saturated rings. The lowest BCUT2D eigenvalue weighted by molar-refractivity contribution is 0.0728. The van der Waals surface area contributed by atoms with Crippen LogP contribution in [-0.4, -0.2) is 19.0 Å². The fraction of sp³-hybridized carbons (Fsp3) is 0.0667. The van der Waals surface area contributed by atoms with Gasteiger partial charge in [0.1, 0.15) is 0 Å². The zero-order valence-corrected chi connectivity index (χ0v) is 11.3. The molecule has 2 aromatic rings. The molecule has 4 N–H and O–H groups in total. The van der Waals surface area contributed by atoms with Crippen LogP contribution in [0.1, 0.15) is 20.7 Å². The van der Waals surface area contributed by atoms with E-state index >= 15 is 0 Å². The molecule has 1 amide bonds. The van der Waals surface area contributed by atoms with Crippen molar-refractivity contribution in [1.82, 2.24) is 0 Å². The fourth-order valence-corrected chi connectivity index (χ4v) is 1.76. The van der Waals surface area contributed by atoms with Crippen LogP contribution in [0.5, 0.6) is 11.5 Å². The molecule has 0 aliphatic heterocycles. The van der Waals surface area contributed by atoms with Gasteiger partial charge >= 0.3 is 5.97 Å². The van der Waals surface area contributed by atoms with Crippen molar-refractivity contribution >= 4 is 17.6 Å². The molecule has 0 aromatic heterocycles. The van der Waals surface area contributed by atoms with Gasteiger partial charge in [-0.05, 0) is 18.2 Å². The summed E-state index contributed by atoms with van der Waals surface area (Å²) >= 11 is 0. The second kappa shape index (κ2) is 5.96. The van der Waals surface area contributed by atoms with E-state index in [1.165, 1.54) is 19.2 Å². The zero-order valence-electron chi connectivity index (χ0n) is 11.3. The highest BCUT2D eigenvalue weighted by atomic mass is 16.6. The maximum Gasteiger partial charge on any atom is 0.343 e. The average Bonchev–Trinajstić information content (AvgIpc) is 2.49. The van der Waals surface area contributed by atoms with E-state index in [4.69, 9.17) is 20.9 Å². The molecule has 0 aliphatic carbocycles. The highest BCUT2D eigenvalue weighted by molar-refractivity contribution is 5.99. The van der Waals surface area contributed by atoms with Gasteiger partial charge in [-0.2, -0.15) is 0 Å². The van der Waals surface area contributed by atoms with Gasteiger partial charge in [-0.1, -0.05) is 18.2 Å². The lowest BCUT2D eigenvalue weighted by Crippen LogP contribution is -2.15. The van der Waals surface area contributed by atoms with E-state index in [1.54, 1.807) is 30.3 Å². The van der Waals surface area contributed by atoms with E-state index in [-0.39, 0.29) is 22.7 Å². The quantitative estimate of drug-likeness (QED) is 0.504. The summed E-state index contributed by atoms with van der Waals surface area (Å²) in [5.74, 6) is -0.975. The highest BCUT2D eigenvalue weighted by Gasteiger charge is 2.17. The van der Waals surface area contributed by atoms with Gasteiger partial charge in [-0.25, -0.2) is 4.79 Å². The first-order valence-electron chi connectivity index (χ1n) is 6.07. The van der Waals surface area contributed by atoms with Crippen LogP contribution in [0.25, 0.3) is 0 Å². The Hall–Kier alpha value is -3.02. The maximum absolute atomic E-state index is 12.0. The molecular formula is C15H14N2O4. The Labute approximate surface area is 121 Å².